The van der Waals surface area contributed by atoms with Crippen LogP contribution in [0.2, 0.25) is 0 Å². The summed E-state index contributed by atoms with van der Waals surface area (Å²) in [6.45, 7) is 6.82. The van der Waals surface area contributed by atoms with E-state index in [9.17, 15) is 4.79 Å². The second-order valence-corrected chi connectivity index (χ2v) is 6.85. The maximum atomic E-state index is 12.0. The number of hydrogen-bond donors (Lipinski definition) is 1. The Balaban J connectivity index is 1.83. The van der Waals surface area contributed by atoms with Crippen LogP contribution >= 0.6 is 15.9 Å². The average Bonchev–Trinajstić information content (AvgIpc) is 2.53. The van der Waals surface area contributed by atoms with E-state index in [2.05, 4.69) is 35.1 Å². The lowest BCUT2D eigenvalue weighted by Gasteiger charge is -2.11. The Labute approximate surface area is 151 Å². The molecule has 0 aliphatic heterocycles. The molecule has 0 aliphatic carbocycles. The second kappa shape index (κ2) is 8.73. The first-order valence-electron chi connectivity index (χ1n) is 7.85. The van der Waals surface area contributed by atoms with Gasteiger partial charge in [-0.05, 0) is 70.7 Å². The lowest BCUT2D eigenvalue weighted by atomic mass is 10.2. The van der Waals surface area contributed by atoms with Gasteiger partial charge in [0.1, 0.15) is 11.5 Å². The fraction of sp³-hybridized carbons (Fsp3) is 0.316. The van der Waals surface area contributed by atoms with Crippen molar-refractivity contribution in [1.29, 1.82) is 0 Å². The summed E-state index contributed by atoms with van der Waals surface area (Å²) in [6, 6.07) is 13.0. The van der Waals surface area contributed by atoms with Crippen molar-refractivity contribution in [2.75, 3.05) is 18.5 Å². The molecule has 2 aromatic rings. The van der Waals surface area contributed by atoms with Gasteiger partial charge in [0.2, 0.25) is 0 Å². The van der Waals surface area contributed by atoms with E-state index in [-0.39, 0.29) is 12.5 Å². The van der Waals surface area contributed by atoms with Crippen LogP contribution in [0.15, 0.2) is 46.9 Å². The summed E-state index contributed by atoms with van der Waals surface area (Å²) >= 11 is 3.43. The SMILES string of the molecule is Cc1ccc(OCC(=O)Nc2ccc(OCC(C)C)cc2)c(Br)c1. The highest BCUT2D eigenvalue weighted by molar-refractivity contribution is 9.10. The van der Waals surface area contributed by atoms with Crippen molar-refractivity contribution in [3.05, 3.63) is 52.5 Å². The average molecular weight is 392 g/mol. The van der Waals surface area contributed by atoms with Gasteiger partial charge >= 0.3 is 0 Å². The largest absolute Gasteiger partial charge is 0.493 e. The van der Waals surface area contributed by atoms with Gasteiger partial charge in [0.05, 0.1) is 11.1 Å². The van der Waals surface area contributed by atoms with Gasteiger partial charge in [-0.1, -0.05) is 19.9 Å². The van der Waals surface area contributed by atoms with Crippen molar-refractivity contribution in [3.8, 4) is 11.5 Å². The number of amides is 1. The van der Waals surface area contributed by atoms with E-state index in [0.29, 0.717) is 24.0 Å². The fourth-order valence-electron chi connectivity index (χ4n) is 1.96. The minimum atomic E-state index is -0.210. The molecule has 0 bridgehead atoms. The van der Waals surface area contributed by atoms with E-state index < -0.39 is 0 Å². The highest BCUT2D eigenvalue weighted by Gasteiger charge is 2.07. The Morgan fingerprint density at radius 1 is 1.12 bits per heavy atom. The molecule has 2 rings (SSSR count). The Kier molecular flexibility index (Phi) is 6.67. The Hall–Kier alpha value is -2.01. The molecular formula is C19H22BrNO3. The van der Waals surface area contributed by atoms with Crippen molar-refractivity contribution in [1.82, 2.24) is 0 Å². The van der Waals surface area contributed by atoms with Crippen LogP contribution in [0.1, 0.15) is 19.4 Å². The lowest BCUT2D eigenvalue weighted by Crippen LogP contribution is -2.20. The molecule has 24 heavy (non-hydrogen) atoms. The smallest absolute Gasteiger partial charge is 0.262 e. The third-order valence-corrected chi connectivity index (χ3v) is 3.79. The molecule has 0 fully saturated rings. The number of ether oxygens (including phenoxy) is 2. The number of carbonyl (C=O) groups excluding carboxylic acids is 1. The zero-order valence-electron chi connectivity index (χ0n) is 14.1. The molecule has 0 spiro atoms. The molecule has 0 atom stereocenters. The first-order valence-corrected chi connectivity index (χ1v) is 8.65. The van der Waals surface area contributed by atoms with Crippen LogP contribution < -0.4 is 14.8 Å². The monoisotopic (exact) mass is 391 g/mol. The maximum Gasteiger partial charge on any atom is 0.262 e. The van der Waals surface area contributed by atoms with Crippen LogP contribution in [-0.2, 0) is 4.79 Å². The van der Waals surface area contributed by atoms with Crippen LogP contribution in [0.5, 0.6) is 11.5 Å². The van der Waals surface area contributed by atoms with E-state index in [0.717, 1.165) is 15.8 Å². The van der Waals surface area contributed by atoms with Crippen LogP contribution in [0.3, 0.4) is 0 Å². The molecule has 0 aliphatic rings. The minimum absolute atomic E-state index is 0.0484. The molecule has 0 saturated heterocycles. The van der Waals surface area contributed by atoms with Crippen LogP contribution in [-0.4, -0.2) is 19.1 Å². The lowest BCUT2D eigenvalue weighted by molar-refractivity contribution is -0.118. The van der Waals surface area contributed by atoms with E-state index in [1.54, 1.807) is 0 Å². The van der Waals surface area contributed by atoms with E-state index in [1.807, 2.05) is 49.4 Å². The maximum absolute atomic E-state index is 12.0. The number of hydrogen-bond acceptors (Lipinski definition) is 3. The van der Waals surface area contributed by atoms with Crippen LogP contribution in [0, 0.1) is 12.8 Å². The summed E-state index contributed by atoms with van der Waals surface area (Å²) in [5.41, 5.74) is 1.84. The zero-order chi connectivity index (χ0) is 17.5. The number of aryl methyl sites for hydroxylation is 1. The van der Waals surface area contributed by atoms with Crippen molar-refractivity contribution in [3.63, 3.8) is 0 Å². The molecule has 128 valence electrons. The highest BCUT2D eigenvalue weighted by Crippen LogP contribution is 2.25. The molecule has 4 nitrogen and oxygen atoms in total. The molecule has 0 aromatic heterocycles. The van der Waals surface area contributed by atoms with Crippen molar-refractivity contribution in [2.24, 2.45) is 5.92 Å². The number of nitrogens with one attached hydrogen (secondary N) is 1. The van der Waals surface area contributed by atoms with Crippen molar-refractivity contribution >= 4 is 27.5 Å². The van der Waals surface area contributed by atoms with Crippen LogP contribution in [0.25, 0.3) is 0 Å². The molecule has 0 radical (unpaired) electrons. The molecule has 0 saturated carbocycles. The van der Waals surface area contributed by atoms with E-state index in [1.165, 1.54) is 0 Å². The third kappa shape index (κ3) is 5.89. The fourth-order valence-corrected chi connectivity index (χ4v) is 2.57. The number of benzene rings is 2. The van der Waals surface area contributed by atoms with Gasteiger partial charge < -0.3 is 14.8 Å². The Bertz CT molecular complexity index is 684. The van der Waals surface area contributed by atoms with Gasteiger partial charge in [-0.2, -0.15) is 0 Å². The van der Waals surface area contributed by atoms with Gasteiger partial charge in [-0.25, -0.2) is 0 Å². The quantitative estimate of drug-likeness (QED) is 0.736. The minimum Gasteiger partial charge on any atom is -0.493 e. The Morgan fingerprint density at radius 3 is 2.46 bits per heavy atom. The summed E-state index contributed by atoms with van der Waals surface area (Å²) in [6.07, 6.45) is 0. The highest BCUT2D eigenvalue weighted by atomic mass is 79.9. The summed E-state index contributed by atoms with van der Waals surface area (Å²) in [7, 11) is 0. The molecule has 0 unspecified atom stereocenters. The van der Waals surface area contributed by atoms with Crippen molar-refractivity contribution in [2.45, 2.75) is 20.8 Å². The van der Waals surface area contributed by atoms with E-state index >= 15 is 0 Å². The zero-order valence-corrected chi connectivity index (χ0v) is 15.7. The van der Waals surface area contributed by atoms with Gasteiger partial charge in [0.25, 0.3) is 5.91 Å². The number of rotatable bonds is 7. The first-order chi connectivity index (χ1) is 11.4. The van der Waals surface area contributed by atoms with Gasteiger partial charge in [-0.15, -0.1) is 0 Å². The predicted molar refractivity (Wildman–Crippen MR) is 99.8 cm³/mol. The summed E-state index contributed by atoms with van der Waals surface area (Å²) in [5.74, 6) is 1.70. The molecule has 2 aromatic carbocycles. The molecular weight excluding hydrogens is 370 g/mol. The Morgan fingerprint density at radius 2 is 1.83 bits per heavy atom. The third-order valence-electron chi connectivity index (χ3n) is 3.17. The molecule has 1 amide bonds. The summed E-state index contributed by atoms with van der Waals surface area (Å²) < 4.78 is 12.0. The van der Waals surface area contributed by atoms with Gasteiger partial charge in [0.15, 0.2) is 6.61 Å². The standard InChI is InChI=1S/C19H22BrNO3/c1-13(2)11-23-16-7-5-15(6-8-16)21-19(22)12-24-18-9-4-14(3)10-17(18)20/h4-10,13H,11-12H2,1-3H3,(H,21,22). The second-order valence-electron chi connectivity index (χ2n) is 6.00. The number of carbonyl (C=O) groups is 1. The number of halogens is 1. The van der Waals surface area contributed by atoms with E-state index in [4.69, 9.17) is 9.47 Å². The summed E-state index contributed by atoms with van der Waals surface area (Å²) in [5, 5.41) is 2.80. The van der Waals surface area contributed by atoms with Crippen molar-refractivity contribution < 1.29 is 14.3 Å². The first kappa shape index (κ1) is 18.3. The molecule has 5 heteroatoms. The summed E-state index contributed by atoms with van der Waals surface area (Å²) in [4.78, 5) is 12.0. The molecule has 1 N–H and O–H groups in total. The van der Waals surface area contributed by atoms with Gasteiger partial charge in [0, 0.05) is 5.69 Å². The molecule has 0 heterocycles. The topological polar surface area (TPSA) is 47.6 Å². The normalized spacial score (nSPS) is 10.5. The van der Waals surface area contributed by atoms with Crippen LogP contribution in [0.4, 0.5) is 5.69 Å². The van der Waals surface area contributed by atoms with Gasteiger partial charge in [-0.3, -0.25) is 4.79 Å². The number of anilines is 1. The predicted octanol–water partition coefficient (Wildman–Crippen LogP) is 4.81.